The quantitative estimate of drug-likeness (QED) is 0.283. The molecule has 1 fully saturated rings. The number of aliphatic hydroxyl groups excluding tert-OH is 1. The largest absolute Gasteiger partial charge is 0.409 e. The van der Waals surface area contributed by atoms with Crippen LogP contribution in [0.1, 0.15) is 32.6 Å². The SMILES string of the molecule is CC(C(=O)N1CCCCC1CCO)C(N)=NO. The second-order valence-corrected chi connectivity index (χ2v) is 4.44. The van der Waals surface area contributed by atoms with Gasteiger partial charge in [-0.2, -0.15) is 0 Å². The molecule has 0 aromatic heterocycles. The number of amidine groups is 1. The maximum absolute atomic E-state index is 12.2. The average Bonchev–Trinajstić information content (AvgIpc) is 2.37. The zero-order valence-electron chi connectivity index (χ0n) is 10.2. The lowest BCUT2D eigenvalue weighted by Gasteiger charge is -2.37. The van der Waals surface area contributed by atoms with E-state index in [0.717, 1.165) is 19.3 Å². The summed E-state index contributed by atoms with van der Waals surface area (Å²) in [5.41, 5.74) is 5.45. The highest BCUT2D eigenvalue weighted by molar-refractivity contribution is 6.01. The van der Waals surface area contributed by atoms with Crippen LogP contribution in [-0.4, -0.2) is 46.1 Å². The molecule has 1 amide bonds. The van der Waals surface area contributed by atoms with Gasteiger partial charge in [-0.05, 0) is 32.6 Å². The molecule has 1 aliphatic heterocycles. The Labute approximate surface area is 101 Å². The zero-order valence-corrected chi connectivity index (χ0v) is 10.2. The van der Waals surface area contributed by atoms with E-state index in [9.17, 15) is 4.79 Å². The normalized spacial score (nSPS) is 23.5. The first-order chi connectivity index (χ1) is 8.11. The lowest BCUT2D eigenvalue weighted by atomic mass is 9.97. The van der Waals surface area contributed by atoms with E-state index < -0.39 is 5.92 Å². The number of hydrogen-bond acceptors (Lipinski definition) is 4. The van der Waals surface area contributed by atoms with Crippen molar-refractivity contribution >= 4 is 11.7 Å². The van der Waals surface area contributed by atoms with Gasteiger partial charge in [0, 0.05) is 19.2 Å². The Bertz CT molecular complexity index is 292. The number of oxime groups is 1. The summed E-state index contributed by atoms with van der Waals surface area (Å²) in [5.74, 6) is -0.805. The Morgan fingerprint density at radius 1 is 1.59 bits per heavy atom. The van der Waals surface area contributed by atoms with Gasteiger partial charge in [-0.3, -0.25) is 4.79 Å². The van der Waals surface area contributed by atoms with Crippen LogP contribution in [-0.2, 0) is 4.79 Å². The summed E-state index contributed by atoms with van der Waals surface area (Å²) in [6.45, 7) is 2.39. The number of rotatable bonds is 4. The van der Waals surface area contributed by atoms with Crippen molar-refractivity contribution < 1.29 is 15.1 Å². The van der Waals surface area contributed by atoms with Gasteiger partial charge in [0.1, 0.15) is 0 Å². The molecule has 6 heteroatoms. The molecule has 4 N–H and O–H groups in total. The molecule has 17 heavy (non-hydrogen) atoms. The topological polar surface area (TPSA) is 99.2 Å². The molecule has 2 atom stereocenters. The van der Waals surface area contributed by atoms with E-state index in [1.54, 1.807) is 11.8 Å². The molecular formula is C11H21N3O3. The first-order valence-corrected chi connectivity index (χ1v) is 6.00. The van der Waals surface area contributed by atoms with E-state index in [1.807, 2.05) is 0 Å². The molecular weight excluding hydrogens is 222 g/mol. The van der Waals surface area contributed by atoms with Crippen LogP contribution in [0.5, 0.6) is 0 Å². The molecule has 98 valence electrons. The molecule has 0 spiro atoms. The van der Waals surface area contributed by atoms with Gasteiger partial charge in [0.2, 0.25) is 5.91 Å². The molecule has 0 aromatic rings. The standard InChI is InChI=1S/C11H21N3O3/c1-8(10(12)13-17)11(16)14-6-3-2-4-9(14)5-7-15/h8-9,15,17H,2-7H2,1H3,(H2,12,13). The second-order valence-electron chi connectivity index (χ2n) is 4.44. The second kappa shape index (κ2) is 6.44. The van der Waals surface area contributed by atoms with Crippen LogP contribution in [0.25, 0.3) is 0 Å². The number of nitrogens with two attached hydrogens (primary N) is 1. The average molecular weight is 243 g/mol. The van der Waals surface area contributed by atoms with Crippen molar-refractivity contribution in [1.29, 1.82) is 0 Å². The number of carbonyl (C=O) groups excluding carboxylic acids is 1. The van der Waals surface area contributed by atoms with Crippen LogP contribution in [0.3, 0.4) is 0 Å². The molecule has 6 nitrogen and oxygen atoms in total. The summed E-state index contributed by atoms with van der Waals surface area (Å²) >= 11 is 0. The highest BCUT2D eigenvalue weighted by Crippen LogP contribution is 2.21. The lowest BCUT2D eigenvalue weighted by molar-refractivity contribution is -0.137. The van der Waals surface area contributed by atoms with E-state index in [4.69, 9.17) is 16.0 Å². The van der Waals surface area contributed by atoms with Crippen molar-refractivity contribution in [2.24, 2.45) is 16.8 Å². The third-order valence-electron chi connectivity index (χ3n) is 3.30. The van der Waals surface area contributed by atoms with Crippen molar-refractivity contribution in [3.05, 3.63) is 0 Å². The summed E-state index contributed by atoms with van der Waals surface area (Å²) in [6, 6.07) is 0.0789. The van der Waals surface area contributed by atoms with Gasteiger partial charge in [-0.25, -0.2) is 0 Å². The van der Waals surface area contributed by atoms with Gasteiger partial charge in [0.05, 0.1) is 5.92 Å². The maximum Gasteiger partial charge on any atom is 0.233 e. The van der Waals surface area contributed by atoms with Gasteiger partial charge >= 0.3 is 0 Å². The number of hydrogen-bond donors (Lipinski definition) is 3. The number of aliphatic hydroxyl groups is 1. The Balaban J connectivity index is 2.70. The smallest absolute Gasteiger partial charge is 0.233 e. The molecule has 1 heterocycles. The number of nitrogens with zero attached hydrogens (tertiary/aromatic N) is 2. The van der Waals surface area contributed by atoms with Crippen molar-refractivity contribution in [3.63, 3.8) is 0 Å². The number of amides is 1. The fourth-order valence-corrected chi connectivity index (χ4v) is 2.20. The summed E-state index contributed by atoms with van der Waals surface area (Å²) < 4.78 is 0. The van der Waals surface area contributed by atoms with Gasteiger partial charge in [0.15, 0.2) is 5.84 Å². The number of carbonyl (C=O) groups is 1. The third-order valence-corrected chi connectivity index (χ3v) is 3.30. The molecule has 0 saturated carbocycles. The van der Waals surface area contributed by atoms with E-state index in [0.29, 0.717) is 13.0 Å². The number of likely N-dealkylation sites (tertiary alicyclic amines) is 1. The maximum atomic E-state index is 12.2. The minimum Gasteiger partial charge on any atom is -0.409 e. The predicted octanol–water partition coefficient (Wildman–Crippen LogP) is 0.132. The van der Waals surface area contributed by atoms with Crippen molar-refractivity contribution in [3.8, 4) is 0 Å². The van der Waals surface area contributed by atoms with Gasteiger partial charge in [0.25, 0.3) is 0 Å². The van der Waals surface area contributed by atoms with Crippen LogP contribution in [0.2, 0.25) is 0 Å². The summed E-state index contributed by atoms with van der Waals surface area (Å²) in [4.78, 5) is 13.9. The number of piperidine rings is 1. The van der Waals surface area contributed by atoms with Crippen LogP contribution in [0.4, 0.5) is 0 Å². The van der Waals surface area contributed by atoms with Crippen molar-refractivity contribution in [2.75, 3.05) is 13.2 Å². The van der Waals surface area contributed by atoms with Crippen LogP contribution < -0.4 is 5.73 Å². The Morgan fingerprint density at radius 3 is 2.88 bits per heavy atom. The first kappa shape index (κ1) is 13.8. The van der Waals surface area contributed by atoms with Gasteiger partial charge < -0.3 is 20.9 Å². The first-order valence-electron chi connectivity index (χ1n) is 6.00. The summed E-state index contributed by atoms with van der Waals surface area (Å²) in [6.07, 6.45) is 3.55. The van der Waals surface area contributed by atoms with Crippen LogP contribution in [0, 0.1) is 5.92 Å². The van der Waals surface area contributed by atoms with Crippen LogP contribution in [0.15, 0.2) is 5.16 Å². The highest BCUT2D eigenvalue weighted by Gasteiger charge is 2.30. The zero-order chi connectivity index (χ0) is 12.8. The lowest BCUT2D eigenvalue weighted by Crippen LogP contribution is -2.48. The Morgan fingerprint density at radius 2 is 2.29 bits per heavy atom. The molecule has 1 aliphatic rings. The van der Waals surface area contributed by atoms with Crippen LogP contribution >= 0.6 is 0 Å². The minimum atomic E-state index is -0.612. The fourth-order valence-electron chi connectivity index (χ4n) is 2.20. The monoisotopic (exact) mass is 243 g/mol. The molecule has 0 radical (unpaired) electrons. The van der Waals surface area contributed by atoms with E-state index in [-0.39, 0.29) is 24.4 Å². The molecule has 1 saturated heterocycles. The molecule has 0 bridgehead atoms. The van der Waals surface area contributed by atoms with E-state index in [2.05, 4.69) is 5.16 Å². The highest BCUT2D eigenvalue weighted by atomic mass is 16.4. The summed E-state index contributed by atoms with van der Waals surface area (Å²) in [7, 11) is 0. The van der Waals surface area contributed by atoms with E-state index >= 15 is 0 Å². The summed E-state index contributed by atoms with van der Waals surface area (Å²) in [5, 5.41) is 20.4. The Hall–Kier alpha value is -1.30. The van der Waals surface area contributed by atoms with Crippen molar-refractivity contribution in [1.82, 2.24) is 4.90 Å². The van der Waals surface area contributed by atoms with E-state index in [1.165, 1.54) is 0 Å². The molecule has 0 aromatic carbocycles. The Kier molecular flexibility index (Phi) is 5.21. The van der Waals surface area contributed by atoms with Gasteiger partial charge in [-0.1, -0.05) is 5.16 Å². The fraction of sp³-hybridized carbons (Fsp3) is 0.818. The molecule has 0 aliphatic carbocycles. The minimum absolute atomic E-state index is 0.0664. The third kappa shape index (κ3) is 3.33. The molecule has 2 unspecified atom stereocenters. The van der Waals surface area contributed by atoms with Crippen molar-refractivity contribution in [2.45, 2.75) is 38.6 Å². The van der Waals surface area contributed by atoms with Gasteiger partial charge in [-0.15, -0.1) is 0 Å². The molecule has 1 rings (SSSR count). The predicted molar refractivity (Wildman–Crippen MR) is 63.6 cm³/mol.